The molecule has 0 aliphatic heterocycles. The SMILES string of the molecule is CC(F)c1cc(O)ccc1-c1cccc(CF)c1. The van der Waals surface area contributed by atoms with Crippen molar-refractivity contribution < 1.29 is 13.9 Å². The van der Waals surface area contributed by atoms with Crippen LogP contribution in [-0.2, 0) is 6.67 Å². The van der Waals surface area contributed by atoms with Crippen LogP contribution in [0.1, 0.15) is 24.2 Å². The molecular formula is C15H14F2O. The second-order valence-electron chi connectivity index (χ2n) is 4.22. The number of hydrogen-bond acceptors (Lipinski definition) is 1. The second kappa shape index (κ2) is 5.17. The summed E-state index contributed by atoms with van der Waals surface area (Å²) in [7, 11) is 0. The minimum Gasteiger partial charge on any atom is -0.508 e. The number of rotatable bonds is 3. The van der Waals surface area contributed by atoms with Crippen LogP contribution < -0.4 is 0 Å². The zero-order valence-electron chi connectivity index (χ0n) is 10.0. The van der Waals surface area contributed by atoms with E-state index in [2.05, 4.69) is 0 Å². The number of hydrogen-bond donors (Lipinski definition) is 1. The molecule has 2 aromatic carbocycles. The van der Waals surface area contributed by atoms with Crippen LogP contribution >= 0.6 is 0 Å². The van der Waals surface area contributed by atoms with Crippen molar-refractivity contribution in [2.24, 2.45) is 0 Å². The van der Waals surface area contributed by atoms with E-state index in [-0.39, 0.29) is 5.75 Å². The molecule has 2 aromatic rings. The van der Waals surface area contributed by atoms with Crippen LogP contribution in [0.2, 0.25) is 0 Å². The zero-order chi connectivity index (χ0) is 13.1. The van der Waals surface area contributed by atoms with Crippen molar-refractivity contribution >= 4 is 0 Å². The number of halogens is 2. The minimum absolute atomic E-state index is 0.0277. The Hall–Kier alpha value is -1.90. The van der Waals surface area contributed by atoms with Gasteiger partial charge in [-0.2, -0.15) is 0 Å². The molecule has 0 spiro atoms. The standard InChI is InChI=1S/C15H14F2O/c1-10(17)15-8-13(18)5-6-14(15)12-4-2-3-11(7-12)9-16/h2-8,10,18H,9H2,1H3. The molecule has 1 N–H and O–H groups in total. The highest BCUT2D eigenvalue weighted by Crippen LogP contribution is 2.33. The Morgan fingerprint density at radius 3 is 2.61 bits per heavy atom. The van der Waals surface area contributed by atoms with Gasteiger partial charge in [-0.1, -0.05) is 24.3 Å². The van der Waals surface area contributed by atoms with E-state index in [0.29, 0.717) is 16.7 Å². The van der Waals surface area contributed by atoms with Crippen LogP contribution in [0.5, 0.6) is 5.75 Å². The molecule has 2 rings (SSSR count). The van der Waals surface area contributed by atoms with Crippen molar-refractivity contribution in [1.29, 1.82) is 0 Å². The number of phenolic OH excluding ortho intramolecular Hbond substituents is 1. The Morgan fingerprint density at radius 2 is 1.94 bits per heavy atom. The van der Waals surface area contributed by atoms with E-state index in [0.717, 1.165) is 5.56 Å². The lowest BCUT2D eigenvalue weighted by atomic mass is 9.96. The van der Waals surface area contributed by atoms with Crippen LogP contribution in [0.15, 0.2) is 42.5 Å². The summed E-state index contributed by atoms with van der Waals surface area (Å²) < 4.78 is 26.2. The highest BCUT2D eigenvalue weighted by Gasteiger charge is 2.12. The van der Waals surface area contributed by atoms with Gasteiger partial charge in [-0.05, 0) is 47.4 Å². The normalized spacial score (nSPS) is 12.4. The Kier molecular flexibility index (Phi) is 3.60. The molecule has 0 aliphatic rings. The Labute approximate surface area is 105 Å². The summed E-state index contributed by atoms with van der Waals surface area (Å²) in [5.41, 5.74) is 2.40. The molecule has 0 amide bonds. The largest absolute Gasteiger partial charge is 0.508 e. The maximum atomic E-state index is 13.6. The Morgan fingerprint density at radius 1 is 1.17 bits per heavy atom. The number of aromatic hydroxyl groups is 1. The van der Waals surface area contributed by atoms with Crippen molar-refractivity contribution in [3.63, 3.8) is 0 Å². The van der Waals surface area contributed by atoms with Crippen molar-refractivity contribution in [3.05, 3.63) is 53.6 Å². The molecule has 0 saturated carbocycles. The Balaban J connectivity index is 2.55. The average molecular weight is 248 g/mol. The quantitative estimate of drug-likeness (QED) is 0.844. The van der Waals surface area contributed by atoms with Crippen LogP contribution in [0, 0.1) is 0 Å². The lowest BCUT2D eigenvalue weighted by Gasteiger charge is -2.12. The predicted molar refractivity (Wildman–Crippen MR) is 67.9 cm³/mol. The maximum Gasteiger partial charge on any atom is 0.123 e. The minimum atomic E-state index is -1.19. The highest BCUT2D eigenvalue weighted by atomic mass is 19.1. The van der Waals surface area contributed by atoms with E-state index in [1.165, 1.54) is 19.1 Å². The first-order valence-corrected chi connectivity index (χ1v) is 5.74. The van der Waals surface area contributed by atoms with E-state index >= 15 is 0 Å². The summed E-state index contributed by atoms with van der Waals surface area (Å²) in [6.07, 6.45) is -1.19. The Bertz CT molecular complexity index is 550. The number of alkyl halides is 2. The van der Waals surface area contributed by atoms with E-state index in [4.69, 9.17) is 0 Å². The van der Waals surface area contributed by atoms with Gasteiger partial charge in [0, 0.05) is 0 Å². The van der Waals surface area contributed by atoms with Gasteiger partial charge in [0.15, 0.2) is 0 Å². The molecular weight excluding hydrogens is 234 g/mol. The third kappa shape index (κ3) is 2.50. The second-order valence-corrected chi connectivity index (χ2v) is 4.22. The summed E-state index contributed by atoms with van der Waals surface area (Å²) in [5.74, 6) is 0.0277. The first-order valence-electron chi connectivity index (χ1n) is 5.74. The van der Waals surface area contributed by atoms with E-state index < -0.39 is 12.8 Å². The summed E-state index contributed by atoms with van der Waals surface area (Å²) in [4.78, 5) is 0. The molecule has 0 heterocycles. The molecule has 0 fully saturated rings. The first kappa shape index (κ1) is 12.6. The summed E-state index contributed by atoms with van der Waals surface area (Å²) in [6, 6.07) is 11.5. The lowest BCUT2D eigenvalue weighted by Crippen LogP contribution is -1.92. The predicted octanol–water partition coefficient (Wildman–Crippen LogP) is 4.56. The molecule has 0 aromatic heterocycles. The van der Waals surface area contributed by atoms with Crippen LogP contribution in [-0.4, -0.2) is 5.11 Å². The summed E-state index contributed by atoms with van der Waals surface area (Å²) in [5, 5.41) is 9.41. The molecule has 0 radical (unpaired) electrons. The van der Waals surface area contributed by atoms with Gasteiger partial charge in [0.1, 0.15) is 18.6 Å². The van der Waals surface area contributed by atoms with Gasteiger partial charge >= 0.3 is 0 Å². The van der Waals surface area contributed by atoms with Crippen molar-refractivity contribution in [2.45, 2.75) is 19.8 Å². The van der Waals surface area contributed by atoms with Crippen molar-refractivity contribution in [1.82, 2.24) is 0 Å². The van der Waals surface area contributed by atoms with E-state index in [1.54, 1.807) is 30.3 Å². The molecule has 0 aliphatic carbocycles. The molecule has 18 heavy (non-hydrogen) atoms. The van der Waals surface area contributed by atoms with Gasteiger partial charge in [0.2, 0.25) is 0 Å². The van der Waals surface area contributed by atoms with E-state index in [1.807, 2.05) is 0 Å². The van der Waals surface area contributed by atoms with E-state index in [9.17, 15) is 13.9 Å². The molecule has 0 bridgehead atoms. The van der Waals surface area contributed by atoms with Gasteiger partial charge in [-0.15, -0.1) is 0 Å². The van der Waals surface area contributed by atoms with Crippen molar-refractivity contribution in [3.8, 4) is 16.9 Å². The van der Waals surface area contributed by atoms with Crippen LogP contribution in [0.3, 0.4) is 0 Å². The fourth-order valence-corrected chi connectivity index (χ4v) is 1.96. The van der Waals surface area contributed by atoms with Crippen LogP contribution in [0.25, 0.3) is 11.1 Å². The summed E-state index contributed by atoms with van der Waals surface area (Å²) >= 11 is 0. The number of phenols is 1. The zero-order valence-corrected chi connectivity index (χ0v) is 10.0. The third-order valence-corrected chi connectivity index (χ3v) is 2.86. The molecule has 1 unspecified atom stereocenters. The smallest absolute Gasteiger partial charge is 0.123 e. The van der Waals surface area contributed by atoms with Crippen molar-refractivity contribution in [2.75, 3.05) is 0 Å². The fourth-order valence-electron chi connectivity index (χ4n) is 1.96. The van der Waals surface area contributed by atoms with Crippen LogP contribution in [0.4, 0.5) is 8.78 Å². The molecule has 1 nitrogen and oxygen atoms in total. The number of benzene rings is 2. The summed E-state index contributed by atoms with van der Waals surface area (Å²) in [6.45, 7) is 0.865. The van der Waals surface area contributed by atoms with Gasteiger partial charge in [-0.3, -0.25) is 0 Å². The maximum absolute atomic E-state index is 13.6. The highest BCUT2D eigenvalue weighted by molar-refractivity contribution is 5.69. The average Bonchev–Trinajstić information content (AvgIpc) is 2.38. The topological polar surface area (TPSA) is 20.2 Å². The first-order chi connectivity index (χ1) is 8.61. The van der Waals surface area contributed by atoms with Gasteiger partial charge in [0.05, 0.1) is 0 Å². The monoisotopic (exact) mass is 248 g/mol. The third-order valence-electron chi connectivity index (χ3n) is 2.86. The van der Waals surface area contributed by atoms with Gasteiger partial charge < -0.3 is 5.11 Å². The van der Waals surface area contributed by atoms with Gasteiger partial charge in [-0.25, -0.2) is 8.78 Å². The lowest BCUT2D eigenvalue weighted by molar-refractivity contribution is 0.373. The molecule has 0 saturated heterocycles. The van der Waals surface area contributed by atoms with Gasteiger partial charge in [0.25, 0.3) is 0 Å². The fraction of sp³-hybridized carbons (Fsp3) is 0.200. The molecule has 94 valence electrons. The molecule has 3 heteroatoms. The molecule has 1 atom stereocenters.